The van der Waals surface area contributed by atoms with Crippen molar-refractivity contribution in [1.82, 2.24) is 0 Å². The number of thioether (sulfide) groups is 1. The highest BCUT2D eigenvalue weighted by molar-refractivity contribution is 7.99. The van der Waals surface area contributed by atoms with Crippen LogP contribution >= 0.6 is 11.8 Å². The monoisotopic (exact) mass is 287 g/mol. The van der Waals surface area contributed by atoms with E-state index in [1.807, 2.05) is 0 Å². The number of aliphatic hydroxyl groups is 1. The summed E-state index contributed by atoms with van der Waals surface area (Å²) >= 11 is 1.37. The van der Waals surface area contributed by atoms with Crippen molar-refractivity contribution in [3.8, 4) is 0 Å². The van der Waals surface area contributed by atoms with Gasteiger partial charge in [0.25, 0.3) is 0 Å². The summed E-state index contributed by atoms with van der Waals surface area (Å²) in [4.78, 5) is 0.464. The zero-order chi connectivity index (χ0) is 13.9. The Labute approximate surface area is 116 Å². The molecule has 1 aromatic carbocycles. The summed E-state index contributed by atoms with van der Waals surface area (Å²) in [6.45, 7) is 0.00719. The molecule has 1 aromatic rings. The van der Waals surface area contributed by atoms with Gasteiger partial charge in [-0.05, 0) is 43.1 Å². The number of halogens is 2. The second-order valence-corrected chi connectivity index (χ2v) is 6.33. The number of benzene rings is 1. The molecule has 5 heteroatoms. The fourth-order valence-electron chi connectivity index (χ4n) is 2.71. The van der Waals surface area contributed by atoms with Crippen molar-refractivity contribution in [2.45, 2.75) is 36.1 Å². The topological polar surface area (TPSA) is 46.2 Å². The lowest BCUT2D eigenvalue weighted by Gasteiger charge is -2.29. The third-order valence-corrected chi connectivity index (χ3v) is 5.00. The van der Waals surface area contributed by atoms with Gasteiger partial charge in [0.15, 0.2) is 0 Å². The standard InChI is InChI=1S/C14H19F2NOS/c15-11-3-4-13(12(16)8-11)19-7-5-10-2-1-6-14(10,17)9-18/h3-4,8,10,18H,1-2,5-7,9,17H2. The van der Waals surface area contributed by atoms with Gasteiger partial charge in [0.1, 0.15) is 11.6 Å². The molecule has 2 rings (SSSR count). The largest absolute Gasteiger partial charge is 0.394 e. The van der Waals surface area contributed by atoms with Crippen LogP contribution < -0.4 is 5.73 Å². The molecule has 0 radical (unpaired) electrons. The third kappa shape index (κ3) is 3.46. The van der Waals surface area contributed by atoms with Crippen molar-refractivity contribution < 1.29 is 13.9 Å². The number of hydrogen-bond acceptors (Lipinski definition) is 3. The first-order chi connectivity index (χ1) is 9.05. The normalized spacial score (nSPS) is 26.8. The Hall–Kier alpha value is -0.650. The average Bonchev–Trinajstić information content (AvgIpc) is 2.74. The van der Waals surface area contributed by atoms with Crippen LogP contribution in [0.15, 0.2) is 23.1 Å². The summed E-state index contributed by atoms with van der Waals surface area (Å²) in [5, 5.41) is 9.35. The molecule has 19 heavy (non-hydrogen) atoms. The lowest BCUT2D eigenvalue weighted by atomic mass is 9.87. The van der Waals surface area contributed by atoms with E-state index in [2.05, 4.69) is 0 Å². The molecule has 0 spiro atoms. The SMILES string of the molecule is NC1(CO)CCCC1CCSc1ccc(F)cc1F. The molecule has 0 aliphatic heterocycles. The van der Waals surface area contributed by atoms with Crippen molar-refractivity contribution in [3.63, 3.8) is 0 Å². The predicted octanol–water partition coefficient (Wildman–Crippen LogP) is 2.94. The van der Waals surface area contributed by atoms with E-state index < -0.39 is 17.2 Å². The van der Waals surface area contributed by atoms with Gasteiger partial charge in [0, 0.05) is 16.5 Å². The minimum absolute atomic E-state index is 0.00719. The van der Waals surface area contributed by atoms with Gasteiger partial charge in [-0.25, -0.2) is 8.78 Å². The Morgan fingerprint density at radius 3 is 2.89 bits per heavy atom. The first-order valence-electron chi connectivity index (χ1n) is 6.53. The van der Waals surface area contributed by atoms with E-state index in [4.69, 9.17) is 5.73 Å². The smallest absolute Gasteiger partial charge is 0.139 e. The van der Waals surface area contributed by atoms with E-state index in [1.165, 1.54) is 23.9 Å². The molecule has 0 amide bonds. The highest BCUT2D eigenvalue weighted by Gasteiger charge is 2.38. The summed E-state index contributed by atoms with van der Waals surface area (Å²) in [7, 11) is 0. The van der Waals surface area contributed by atoms with Gasteiger partial charge < -0.3 is 10.8 Å². The summed E-state index contributed by atoms with van der Waals surface area (Å²) in [5.41, 5.74) is 5.68. The Bertz CT molecular complexity index is 443. The maximum Gasteiger partial charge on any atom is 0.139 e. The van der Waals surface area contributed by atoms with Crippen LogP contribution in [0.25, 0.3) is 0 Å². The van der Waals surface area contributed by atoms with Gasteiger partial charge in [0.2, 0.25) is 0 Å². The second kappa shape index (κ2) is 6.20. The van der Waals surface area contributed by atoms with Crippen molar-refractivity contribution in [2.24, 2.45) is 11.7 Å². The molecule has 2 atom stereocenters. The molecular formula is C14H19F2NOS. The zero-order valence-electron chi connectivity index (χ0n) is 10.7. The lowest BCUT2D eigenvalue weighted by molar-refractivity contribution is 0.158. The summed E-state index contributed by atoms with van der Waals surface area (Å²) < 4.78 is 26.2. The molecule has 0 heterocycles. The van der Waals surface area contributed by atoms with E-state index >= 15 is 0 Å². The van der Waals surface area contributed by atoms with E-state index in [0.717, 1.165) is 37.5 Å². The Kier molecular flexibility index (Phi) is 4.81. The summed E-state index contributed by atoms with van der Waals surface area (Å²) in [5.74, 6) is -0.0587. The van der Waals surface area contributed by atoms with Gasteiger partial charge in [-0.15, -0.1) is 11.8 Å². The molecule has 2 unspecified atom stereocenters. The van der Waals surface area contributed by atoms with Crippen molar-refractivity contribution in [1.29, 1.82) is 0 Å². The second-order valence-electron chi connectivity index (χ2n) is 5.19. The van der Waals surface area contributed by atoms with Crippen molar-refractivity contribution >= 4 is 11.8 Å². The van der Waals surface area contributed by atoms with E-state index in [1.54, 1.807) is 0 Å². The first-order valence-corrected chi connectivity index (χ1v) is 7.51. The van der Waals surface area contributed by atoms with Crippen LogP contribution in [0.1, 0.15) is 25.7 Å². The van der Waals surface area contributed by atoms with Gasteiger partial charge in [-0.3, -0.25) is 0 Å². The molecule has 2 nitrogen and oxygen atoms in total. The molecule has 1 fully saturated rings. The highest BCUT2D eigenvalue weighted by atomic mass is 32.2. The predicted molar refractivity (Wildman–Crippen MR) is 73.0 cm³/mol. The Balaban J connectivity index is 1.86. The molecule has 0 aromatic heterocycles. The van der Waals surface area contributed by atoms with Gasteiger partial charge >= 0.3 is 0 Å². The zero-order valence-corrected chi connectivity index (χ0v) is 11.6. The molecule has 106 valence electrons. The maximum absolute atomic E-state index is 13.4. The first kappa shape index (κ1) is 14.8. The molecule has 1 aliphatic rings. The average molecular weight is 287 g/mol. The van der Waals surface area contributed by atoms with Crippen LogP contribution in [0.5, 0.6) is 0 Å². The van der Waals surface area contributed by atoms with E-state index in [9.17, 15) is 13.9 Å². The Morgan fingerprint density at radius 1 is 1.42 bits per heavy atom. The van der Waals surface area contributed by atoms with Crippen LogP contribution in [-0.2, 0) is 0 Å². The summed E-state index contributed by atoms with van der Waals surface area (Å²) in [6.07, 6.45) is 3.75. The van der Waals surface area contributed by atoms with E-state index in [0.29, 0.717) is 4.90 Å². The third-order valence-electron chi connectivity index (χ3n) is 3.92. The number of aliphatic hydroxyl groups excluding tert-OH is 1. The van der Waals surface area contributed by atoms with Crippen molar-refractivity contribution in [3.05, 3.63) is 29.8 Å². The van der Waals surface area contributed by atoms with Crippen LogP contribution in [0.3, 0.4) is 0 Å². The Morgan fingerprint density at radius 2 is 2.21 bits per heavy atom. The quantitative estimate of drug-likeness (QED) is 0.819. The van der Waals surface area contributed by atoms with Crippen LogP contribution in [0.2, 0.25) is 0 Å². The molecule has 1 aliphatic carbocycles. The number of hydrogen-bond donors (Lipinski definition) is 2. The van der Waals surface area contributed by atoms with Gasteiger partial charge in [-0.2, -0.15) is 0 Å². The van der Waals surface area contributed by atoms with Crippen LogP contribution in [0.4, 0.5) is 8.78 Å². The fourth-order valence-corrected chi connectivity index (χ4v) is 3.70. The van der Waals surface area contributed by atoms with Crippen LogP contribution in [-0.4, -0.2) is 23.0 Å². The fraction of sp³-hybridized carbons (Fsp3) is 0.571. The molecular weight excluding hydrogens is 268 g/mol. The van der Waals surface area contributed by atoms with E-state index in [-0.39, 0.29) is 12.5 Å². The number of nitrogens with two attached hydrogens (primary N) is 1. The summed E-state index contributed by atoms with van der Waals surface area (Å²) in [6, 6.07) is 3.63. The molecule has 0 saturated heterocycles. The van der Waals surface area contributed by atoms with Gasteiger partial charge in [0.05, 0.1) is 6.61 Å². The highest BCUT2D eigenvalue weighted by Crippen LogP contribution is 2.37. The van der Waals surface area contributed by atoms with Crippen LogP contribution in [0, 0.1) is 17.6 Å². The maximum atomic E-state index is 13.4. The van der Waals surface area contributed by atoms with Gasteiger partial charge in [-0.1, -0.05) is 6.42 Å². The lowest BCUT2D eigenvalue weighted by Crippen LogP contribution is -2.47. The molecule has 0 bridgehead atoms. The number of rotatable bonds is 5. The minimum atomic E-state index is -0.557. The minimum Gasteiger partial charge on any atom is -0.394 e. The molecule has 1 saturated carbocycles. The van der Waals surface area contributed by atoms with Crippen molar-refractivity contribution in [2.75, 3.05) is 12.4 Å². The molecule has 3 N–H and O–H groups in total.